The fourth-order valence-corrected chi connectivity index (χ4v) is 3.97. The molecule has 2 saturated heterocycles. The van der Waals surface area contributed by atoms with Gasteiger partial charge in [-0.2, -0.15) is 0 Å². The highest BCUT2D eigenvalue weighted by Crippen LogP contribution is 2.26. The number of nitrogens with one attached hydrogen (secondary N) is 1. The number of carbonyl (C=O) groups is 3. The molecule has 154 valence electrons. The summed E-state index contributed by atoms with van der Waals surface area (Å²) in [5, 5.41) is 2.28. The minimum absolute atomic E-state index is 0.0552. The van der Waals surface area contributed by atoms with Crippen molar-refractivity contribution >= 4 is 35.3 Å². The van der Waals surface area contributed by atoms with Crippen molar-refractivity contribution < 1.29 is 14.4 Å². The lowest BCUT2D eigenvalue weighted by Crippen LogP contribution is -2.54. The minimum atomic E-state index is -0.729. The van der Waals surface area contributed by atoms with Crippen LogP contribution in [0, 0.1) is 6.92 Å². The van der Waals surface area contributed by atoms with Gasteiger partial charge >= 0.3 is 6.03 Å². The smallest absolute Gasteiger partial charge is 0.335 e. The van der Waals surface area contributed by atoms with Gasteiger partial charge in [-0.15, -0.1) is 0 Å². The number of amides is 4. The SMILES string of the molecule is Cc1ccccc1N1C(=O)NC(=O)/C(=C/c2ccc(N3CCCCCC3)cc2)C1=O. The molecule has 2 aromatic carbocycles. The van der Waals surface area contributed by atoms with Crippen molar-refractivity contribution in [3.05, 3.63) is 65.2 Å². The van der Waals surface area contributed by atoms with E-state index >= 15 is 0 Å². The number of benzene rings is 2. The predicted octanol–water partition coefficient (Wildman–Crippen LogP) is 4.04. The highest BCUT2D eigenvalue weighted by Gasteiger charge is 2.37. The summed E-state index contributed by atoms with van der Waals surface area (Å²) in [7, 11) is 0. The quantitative estimate of drug-likeness (QED) is 0.620. The second-order valence-electron chi connectivity index (χ2n) is 7.74. The first-order valence-corrected chi connectivity index (χ1v) is 10.4. The van der Waals surface area contributed by atoms with Crippen LogP contribution in [0.2, 0.25) is 0 Å². The van der Waals surface area contributed by atoms with E-state index in [9.17, 15) is 14.4 Å². The molecule has 1 N–H and O–H groups in total. The number of urea groups is 1. The molecule has 0 unspecified atom stereocenters. The third-order valence-electron chi connectivity index (χ3n) is 5.63. The number of nitrogens with zero attached hydrogens (tertiary/aromatic N) is 2. The molecule has 2 aliphatic heterocycles. The largest absolute Gasteiger partial charge is 0.372 e. The molecular weight excluding hydrogens is 378 g/mol. The molecule has 6 heteroatoms. The van der Waals surface area contributed by atoms with Gasteiger partial charge in [-0.3, -0.25) is 14.9 Å². The van der Waals surface area contributed by atoms with Crippen LogP contribution in [0.25, 0.3) is 6.08 Å². The maximum atomic E-state index is 13.0. The number of hydrogen-bond acceptors (Lipinski definition) is 4. The number of carbonyl (C=O) groups excluding carboxylic acids is 3. The van der Waals surface area contributed by atoms with Gasteiger partial charge in [-0.25, -0.2) is 9.69 Å². The minimum Gasteiger partial charge on any atom is -0.372 e. The summed E-state index contributed by atoms with van der Waals surface area (Å²) in [5.74, 6) is -1.29. The fraction of sp³-hybridized carbons (Fsp3) is 0.292. The molecule has 30 heavy (non-hydrogen) atoms. The van der Waals surface area contributed by atoms with Crippen molar-refractivity contribution in [3.8, 4) is 0 Å². The fourth-order valence-electron chi connectivity index (χ4n) is 3.97. The maximum Gasteiger partial charge on any atom is 0.335 e. The Morgan fingerprint density at radius 1 is 0.867 bits per heavy atom. The summed E-state index contributed by atoms with van der Waals surface area (Å²) in [4.78, 5) is 41.2. The molecule has 0 saturated carbocycles. The molecule has 6 nitrogen and oxygen atoms in total. The Kier molecular flexibility index (Phi) is 5.65. The summed E-state index contributed by atoms with van der Waals surface area (Å²) in [5.41, 5.74) is 3.08. The number of para-hydroxylation sites is 1. The number of aryl methyl sites for hydroxylation is 1. The van der Waals surface area contributed by atoms with Crippen LogP contribution in [-0.4, -0.2) is 30.9 Å². The molecule has 0 aliphatic carbocycles. The summed E-state index contributed by atoms with van der Waals surface area (Å²) < 4.78 is 0. The highest BCUT2D eigenvalue weighted by molar-refractivity contribution is 6.39. The average Bonchev–Trinajstić information content (AvgIpc) is 3.02. The van der Waals surface area contributed by atoms with E-state index in [1.807, 2.05) is 43.3 Å². The van der Waals surface area contributed by atoms with Crippen molar-refractivity contribution in [3.63, 3.8) is 0 Å². The van der Waals surface area contributed by atoms with Crippen molar-refractivity contribution in [2.75, 3.05) is 22.9 Å². The molecule has 0 atom stereocenters. The molecule has 2 aromatic rings. The number of rotatable bonds is 3. The standard InChI is InChI=1S/C24H25N3O3/c1-17-8-4-5-9-21(17)27-23(29)20(22(28)25-24(27)30)16-18-10-12-19(13-11-18)26-14-6-2-3-7-15-26/h4-5,8-13,16H,2-3,6-7,14-15H2,1H3,(H,25,28,30)/b20-16-. The number of imide groups is 2. The third kappa shape index (κ3) is 3.99. The van der Waals surface area contributed by atoms with Crippen LogP contribution in [0.1, 0.15) is 36.8 Å². The van der Waals surface area contributed by atoms with Gasteiger partial charge in [0.25, 0.3) is 11.8 Å². The van der Waals surface area contributed by atoms with Crippen molar-refractivity contribution in [2.45, 2.75) is 32.6 Å². The Balaban J connectivity index is 1.60. The van der Waals surface area contributed by atoms with Gasteiger partial charge in [0.2, 0.25) is 0 Å². The topological polar surface area (TPSA) is 69.7 Å². The molecule has 0 bridgehead atoms. The zero-order chi connectivity index (χ0) is 21.1. The second kappa shape index (κ2) is 8.53. The van der Waals surface area contributed by atoms with E-state index in [1.165, 1.54) is 25.7 Å². The highest BCUT2D eigenvalue weighted by atomic mass is 16.2. The first-order chi connectivity index (χ1) is 14.5. The van der Waals surface area contributed by atoms with Crippen LogP contribution in [0.3, 0.4) is 0 Å². The summed E-state index contributed by atoms with van der Waals surface area (Å²) in [6, 6.07) is 14.2. The second-order valence-corrected chi connectivity index (χ2v) is 7.74. The van der Waals surface area contributed by atoms with Crippen LogP contribution in [0.15, 0.2) is 54.1 Å². The van der Waals surface area contributed by atoms with Crippen molar-refractivity contribution in [1.82, 2.24) is 5.32 Å². The molecule has 2 heterocycles. The van der Waals surface area contributed by atoms with Crippen LogP contribution < -0.4 is 15.1 Å². The maximum absolute atomic E-state index is 13.0. The monoisotopic (exact) mass is 403 g/mol. The number of hydrogen-bond donors (Lipinski definition) is 1. The van der Waals surface area contributed by atoms with Crippen LogP contribution in [-0.2, 0) is 9.59 Å². The Morgan fingerprint density at radius 3 is 2.20 bits per heavy atom. The van der Waals surface area contributed by atoms with Gasteiger partial charge in [0.05, 0.1) is 5.69 Å². The number of anilines is 2. The van der Waals surface area contributed by atoms with Crippen LogP contribution in [0.5, 0.6) is 0 Å². The van der Waals surface area contributed by atoms with Gasteiger partial charge in [0, 0.05) is 18.8 Å². The van der Waals surface area contributed by atoms with Gasteiger partial charge in [-0.1, -0.05) is 43.2 Å². The van der Waals surface area contributed by atoms with E-state index in [0.29, 0.717) is 5.69 Å². The van der Waals surface area contributed by atoms with Crippen molar-refractivity contribution in [1.29, 1.82) is 0 Å². The van der Waals surface area contributed by atoms with Gasteiger partial charge in [0.15, 0.2) is 0 Å². The first-order valence-electron chi connectivity index (χ1n) is 10.4. The molecule has 2 aliphatic rings. The van der Waals surface area contributed by atoms with E-state index in [0.717, 1.165) is 34.8 Å². The third-order valence-corrected chi connectivity index (χ3v) is 5.63. The zero-order valence-corrected chi connectivity index (χ0v) is 17.1. The van der Waals surface area contributed by atoms with E-state index in [4.69, 9.17) is 0 Å². The molecule has 0 spiro atoms. The Morgan fingerprint density at radius 2 is 1.53 bits per heavy atom. The van der Waals surface area contributed by atoms with Crippen LogP contribution in [0.4, 0.5) is 16.2 Å². The molecule has 0 aromatic heterocycles. The first kappa shape index (κ1) is 19.9. The molecule has 4 amide bonds. The van der Waals surface area contributed by atoms with E-state index in [-0.39, 0.29) is 5.57 Å². The van der Waals surface area contributed by atoms with E-state index in [2.05, 4.69) is 10.2 Å². The zero-order valence-electron chi connectivity index (χ0n) is 17.1. The lowest BCUT2D eigenvalue weighted by Gasteiger charge is -2.27. The number of barbiturate groups is 1. The normalized spacial score (nSPS) is 19.1. The van der Waals surface area contributed by atoms with Gasteiger partial charge in [0.1, 0.15) is 5.57 Å². The Hall–Kier alpha value is -3.41. The molecule has 4 rings (SSSR count). The molecular formula is C24H25N3O3. The Labute approximate surface area is 176 Å². The van der Waals surface area contributed by atoms with E-state index in [1.54, 1.807) is 18.2 Å². The van der Waals surface area contributed by atoms with Gasteiger partial charge < -0.3 is 4.90 Å². The summed E-state index contributed by atoms with van der Waals surface area (Å²) in [6.45, 7) is 3.92. The lowest BCUT2D eigenvalue weighted by molar-refractivity contribution is -0.122. The molecule has 2 fully saturated rings. The predicted molar refractivity (Wildman–Crippen MR) is 117 cm³/mol. The van der Waals surface area contributed by atoms with Gasteiger partial charge in [-0.05, 0) is 55.2 Å². The lowest BCUT2D eigenvalue weighted by atomic mass is 10.1. The summed E-state index contributed by atoms with van der Waals surface area (Å²) in [6.07, 6.45) is 6.48. The molecule has 0 radical (unpaired) electrons. The summed E-state index contributed by atoms with van der Waals surface area (Å²) >= 11 is 0. The van der Waals surface area contributed by atoms with Crippen molar-refractivity contribution in [2.24, 2.45) is 0 Å². The van der Waals surface area contributed by atoms with E-state index < -0.39 is 17.8 Å². The Bertz CT molecular complexity index is 1000. The van der Waals surface area contributed by atoms with Crippen LogP contribution >= 0.6 is 0 Å². The average molecular weight is 403 g/mol.